The van der Waals surface area contributed by atoms with Crippen LogP contribution in [-0.4, -0.2) is 53.2 Å². The molecule has 1 aliphatic rings. The second kappa shape index (κ2) is 8.10. The molecule has 0 radical (unpaired) electrons. The van der Waals surface area contributed by atoms with Gasteiger partial charge in [0.15, 0.2) is 0 Å². The highest BCUT2D eigenvalue weighted by Gasteiger charge is 2.15. The number of carbonyl (C=O) groups is 1. The first-order chi connectivity index (χ1) is 10.1. The van der Waals surface area contributed by atoms with Crippen molar-refractivity contribution in [3.63, 3.8) is 0 Å². The number of carboxylic acids is 1. The average molecular weight is 307 g/mol. The average Bonchev–Trinajstić information content (AvgIpc) is 2.46. The molecule has 2 rings (SSSR count). The van der Waals surface area contributed by atoms with Gasteiger partial charge in [-0.25, -0.2) is 4.79 Å². The van der Waals surface area contributed by atoms with E-state index < -0.39 is 5.97 Å². The summed E-state index contributed by atoms with van der Waals surface area (Å²) < 4.78 is 5.74. The highest BCUT2D eigenvalue weighted by Crippen LogP contribution is 2.18. The number of thioether (sulfide) groups is 1. The van der Waals surface area contributed by atoms with Crippen LogP contribution >= 0.6 is 11.8 Å². The second-order valence-electron chi connectivity index (χ2n) is 5.07. The van der Waals surface area contributed by atoms with Gasteiger partial charge in [0.25, 0.3) is 0 Å². The maximum Gasteiger partial charge on any atom is 0.328 e. The first-order valence-corrected chi connectivity index (χ1v) is 8.16. The summed E-state index contributed by atoms with van der Waals surface area (Å²) in [6, 6.07) is 7.45. The Kier molecular flexibility index (Phi) is 6.14. The first kappa shape index (κ1) is 15.9. The molecule has 0 amide bonds. The molecule has 1 aromatic rings. The van der Waals surface area contributed by atoms with Crippen molar-refractivity contribution >= 4 is 23.8 Å². The van der Waals surface area contributed by atoms with E-state index in [0.29, 0.717) is 11.9 Å². The Bertz CT molecular complexity index is 487. The highest BCUT2D eigenvalue weighted by molar-refractivity contribution is 7.99. The van der Waals surface area contributed by atoms with E-state index in [-0.39, 0.29) is 0 Å². The van der Waals surface area contributed by atoms with Gasteiger partial charge >= 0.3 is 5.97 Å². The Morgan fingerprint density at radius 1 is 1.48 bits per heavy atom. The molecule has 21 heavy (non-hydrogen) atoms. The zero-order chi connectivity index (χ0) is 15.1. The molecule has 1 saturated heterocycles. The van der Waals surface area contributed by atoms with Crippen LogP contribution in [0.15, 0.2) is 30.3 Å². The SMILES string of the molecule is CC1CN(CCOc2ccc(/C=C/C(=O)O)cc2)CCS1. The summed E-state index contributed by atoms with van der Waals surface area (Å²) in [6.07, 6.45) is 2.70. The van der Waals surface area contributed by atoms with Gasteiger partial charge in [-0.3, -0.25) is 4.90 Å². The number of hydrogen-bond acceptors (Lipinski definition) is 4. The quantitative estimate of drug-likeness (QED) is 0.819. The molecule has 1 heterocycles. The molecule has 0 saturated carbocycles. The second-order valence-corrected chi connectivity index (χ2v) is 6.62. The van der Waals surface area contributed by atoms with Crippen LogP contribution in [0.4, 0.5) is 0 Å². The fraction of sp³-hybridized carbons (Fsp3) is 0.438. The molecule has 4 nitrogen and oxygen atoms in total. The Hall–Kier alpha value is -1.46. The maximum absolute atomic E-state index is 10.4. The Labute approximate surface area is 129 Å². The molecule has 1 atom stereocenters. The van der Waals surface area contributed by atoms with E-state index >= 15 is 0 Å². The summed E-state index contributed by atoms with van der Waals surface area (Å²) in [6.45, 7) is 6.17. The maximum atomic E-state index is 10.4. The van der Waals surface area contributed by atoms with Crippen molar-refractivity contribution in [3.05, 3.63) is 35.9 Å². The van der Waals surface area contributed by atoms with E-state index in [1.165, 1.54) is 5.75 Å². The Balaban J connectivity index is 1.74. The fourth-order valence-corrected chi connectivity index (χ4v) is 3.31. The third-order valence-corrected chi connectivity index (χ3v) is 4.44. The van der Waals surface area contributed by atoms with Gasteiger partial charge in [0.1, 0.15) is 12.4 Å². The number of rotatable bonds is 6. The third kappa shape index (κ3) is 5.81. The number of aliphatic carboxylic acids is 1. The minimum absolute atomic E-state index is 0.682. The van der Waals surface area contributed by atoms with E-state index in [9.17, 15) is 4.79 Å². The highest BCUT2D eigenvalue weighted by atomic mass is 32.2. The predicted octanol–water partition coefficient (Wildman–Crippen LogP) is 2.60. The van der Waals surface area contributed by atoms with Crippen LogP contribution in [-0.2, 0) is 4.79 Å². The van der Waals surface area contributed by atoms with Gasteiger partial charge in [0, 0.05) is 36.7 Å². The van der Waals surface area contributed by atoms with Crippen LogP contribution in [0.1, 0.15) is 12.5 Å². The van der Waals surface area contributed by atoms with Crippen LogP contribution in [0.5, 0.6) is 5.75 Å². The van der Waals surface area contributed by atoms with Crippen molar-refractivity contribution in [1.82, 2.24) is 4.90 Å². The van der Waals surface area contributed by atoms with Crippen molar-refractivity contribution in [1.29, 1.82) is 0 Å². The summed E-state index contributed by atoms with van der Waals surface area (Å²) in [5, 5.41) is 9.28. The molecule has 5 heteroatoms. The third-order valence-electron chi connectivity index (χ3n) is 3.30. The zero-order valence-electron chi connectivity index (χ0n) is 12.2. The summed E-state index contributed by atoms with van der Waals surface area (Å²) in [5.74, 6) is 1.08. The van der Waals surface area contributed by atoms with Crippen molar-refractivity contribution in [3.8, 4) is 5.75 Å². The normalized spacial score (nSPS) is 19.8. The van der Waals surface area contributed by atoms with Crippen molar-refractivity contribution in [2.75, 3.05) is 32.0 Å². The van der Waals surface area contributed by atoms with E-state index in [4.69, 9.17) is 9.84 Å². The Morgan fingerprint density at radius 3 is 2.90 bits per heavy atom. The Morgan fingerprint density at radius 2 is 2.24 bits per heavy atom. The van der Waals surface area contributed by atoms with Crippen LogP contribution in [0.2, 0.25) is 0 Å². The largest absolute Gasteiger partial charge is 0.492 e. The molecule has 1 unspecified atom stereocenters. The smallest absolute Gasteiger partial charge is 0.328 e. The number of nitrogens with zero attached hydrogens (tertiary/aromatic N) is 1. The van der Waals surface area contributed by atoms with Gasteiger partial charge in [0.05, 0.1) is 0 Å². The van der Waals surface area contributed by atoms with Crippen LogP contribution < -0.4 is 4.74 Å². The number of carboxylic acid groups (broad SMARTS) is 1. The predicted molar refractivity (Wildman–Crippen MR) is 87.0 cm³/mol. The summed E-state index contributed by atoms with van der Waals surface area (Å²) in [5.41, 5.74) is 0.853. The lowest BCUT2D eigenvalue weighted by molar-refractivity contribution is -0.131. The first-order valence-electron chi connectivity index (χ1n) is 7.11. The topological polar surface area (TPSA) is 49.8 Å². The number of hydrogen-bond donors (Lipinski definition) is 1. The molecule has 114 valence electrons. The van der Waals surface area contributed by atoms with Crippen LogP contribution in [0, 0.1) is 0 Å². The molecule has 0 bridgehead atoms. The summed E-state index contributed by atoms with van der Waals surface area (Å²) in [7, 11) is 0. The number of benzene rings is 1. The lowest BCUT2D eigenvalue weighted by Gasteiger charge is -2.30. The van der Waals surface area contributed by atoms with Gasteiger partial charge < -0.3 is 9.84 Å². The molecular weight excluding hydrogens is 286 g/mol. The fourth-order valence-electron chi connectivity index (χ4n) is 2.23. The standard InChI is InChI=1S/C16H21NO3S/c1-13-12-17(9-11-21-13)8-10-20-15-5-2-14(3-6-15)4-7-16(18)19/h2-7,13H,8-12H2,1H3,(H,18,19)/b7-4+. The zero-order valence-corrected chi connectivity index (χ0v) is 13.0. The minimum atomic E-state index is -0.941. The van der Waals surface area contributed by atoms with Gasteiger partial charge in [-0.1, -0.05) is 19.1 Å². The molecule has 1 fully saturated rings. The molecule has 1 N–H and O–H groups in total. The lowest BCUT2D eigenvalue weighted by atomic mass is 10.2. The molecule has 0 spiro atoms. The van der Waals surface area contributed by atoms with Crippen molar-refractivity contribution in [2.45, 2.75) is 12.2 Å². The summed E-state index contributed by atoms with van der Waals surface area (Å²) in [4.78, 5) is 12.9. The van der Waals surface area contributed by atoms with Crippen LogP contribution in [0.3, 0.4) is 0 Å². The van der Waals surface area contributed by atoms with Gasteiger partial charge in [-0.2, -0.15) is 11.8 Å². The number of ether oxygens (including phenoxy) is 1. The van der Waals surface area contributed by atoms with Gasteiger partial charge in [0.2, 0.25) is 0 Å². The van der Waals surface area contributed by atoms with Crippen molar-refractivity contribution < 1.29 is 14.6 Å². The molecule has 1 aromatic carbocycles. The van der Waals surface area contributed by atoms with Crippen molar-refractivity contribution in [2.24, 2.45) is 0 Å². The van der Waals surface area contributed by atoms with E-state index in [2.05, 4.69) is 11.8 Å². The monoisotopic (exact) mass is 307 g/mol. The molecule has 0 aliphatic carbocycles. The van der Waals surface area contributed by atoms with E-state index in [1.807, 2.05) is 36.0 Å². The minimum Gasteiger partial charge on any atom is -0.492 e. The van der Waals surface area contributed by atoms with E-state index in [1.54, 1.807) is 6.08 Å². The van der Waals surface area contributed by atoms with Gasteiger partial charge in [-0.05, 0) is 23.8 Å². The van der Waals surface area contributed by atoms with E-state index in [0.717, 1.165) is 37.0 Å². The molecule has 0 aromatic heterocycles. The molecular formula is C16H21NO3S. The summed E-state index contributed by atoms with van der Waals surface area (Å²) >= 11 is 2.03. The van der Waals surface area contributed by atoms with Gasteiger partial charge in [-0.15, -0.1) is 0 Å². The molecule has 1 aliphatic heterocycles. The van der Waals surface area contributed by atoms with Crippen LogP contribution in [0.25, 0.3) is 6.08 Å². The lowest BCUT2D eigenvalue weighted by Crippen LogP contribution is -2.39.